The van der Waals surface area contributed by atoms with Gasteiger partial charge in [0.2, 0.25) is 5.91 Å². The van der Waals surface area contributed by atoms with E-state index in [1.54, 1.807) is 30.3 Å². The predicted molar refractivity (Wildman–Crippen MR) is 126 cm³/mol. The van der Waals surface area contributed by atoms with Gasteiger partial charge in [-0.05, 0) is 69.4 Å². The summed E-state index contributed by atoms with van der Waals surface area (Å²) >= 11 is 10.9. The maximum absolute atomic E-state index is 12.7. The van der Waals surface area contributed by atoms with E-state index in [1.165, 1.54) is 0 Å². The number of benzene rings is 2. The van der Waals surface area contributed by atoms with Crippen molar-refractivity contribution in [3.63, 3.8) is 0 Å². The molecule has 1 aliphatic heterocycles. The fourth-order valence-corrected chi connectivity index (χ4v) is 4.01. The van der Waals surface area contributed by atoms with E-state index in [2.05, 4.69) is 35.0 Å². The Kier molecular flexibility index (Phi) is 7.12. The number of thiol groups is 1. The molecule has 9 heteroatoms. The van der Waals surface area contributed by atoms with Crippen LogP contribution in [0.25, 0.3) is 0 Å². The van der Waals surface area contributed by atoms with Crippen molar-refractivity contribution in [2.75, 3.05) is 41.7 Å². The molecule has 0 unspecified atom stereocenters. The molecule has 3 amide bonds. The number of piperidine rings is 1. The fraction of sp³-hybridized carbons (Fsp3) is 0.333. The highest BCUT2D eigenvalue weighted by Gasteiger charge is 2.23. The number of nitrogens with two attached hydrogens (primary N) is 1. The number of nitrogens with zero attached hydrogens (tertiary/aromatic N) is 3. The van der Waals surface area contributed by atoms with Gasteiger partial charge in [-0.15, -0.1) is 0 Å². The summed E-state index contributed by atoms with van der Waals surface area (Å²) in [5.74, 6) is -0.533. The number of carbonyl (C=O) groups is 2. The molecule has 0 bridgehead atoms. The molecule has 7 nitrogen and oxygen atoms in total. The largest absolute Gasteiger partial charge is 0.370 e. The summed E-state index contributed by atoms with van der Waals surface area (Å²) in [6, 6.07) is 11.8. The zero-order chi connectivity index (χ0) is 21.8. The number of halogens is 1. The van der Waals surface area contributed by atoms with Gasteiger partial charge in [0, 0.05) is 18.7 Å². The summed E-state index contributed by atoms with van der Waals surface area (Å²) in [7, 11) is 4.16. The Morgan fingerprint density at radius 1 is 1.17 bits per heavy atom. The fourth-order valence-electron chi connectivity index (χ4n) is 3.52. The molecule has 0 aliphatic carbocycles. The average molecular weight is 448 g/mol. The summed E-state index contributed by atoms with van der Waals surface area (Å²) in [6.45, 7) is 2.10. The van der Waals surface area contributed by atoms with Crippen molar-refractivity contribution < 1.29 is 9.59 Å². The standard InChI is InChI=1S/C21H26ClN5O2S/c1-25-12-10-15(11-13-25)26(2)18-5-3-4-17(19(18)22)24-21(29)27(30)16-8-6-14(7-9-16)20(23)28/h3-9,15,30H,10-13H2,1-2H3,(H2,23,28)(H,24,29). The first-order valence-corrected chi connectivity index (χ1v) is 10.5. The Balaban J connectivity index is 1.72. The molecule has 0 spiro atoms. The number of rotatable bonds is 5. The van der Waals surface area contributed by atoms with Gasteiger partial charge in [0.25, 0.3) is 0 Å². The summed E-state index contributed by atoms with van der Waals surface area (Å²) in [4.78, 5) is 28.4. The lowest BCUT2D eigenvalue weighted by Gasteiger charge is -2.37. The highest BCUT2D eigenvalue weighted by molar-refractivity contribution is 7.82. The van der Waals surface area contributed by atoms with Crippen molar-refractivity contribution in [1.29, 1.82) is 0 Å². The molecule has 1 heterocycles. The number of nitrogens with one attached hydrogen (secondary N) is 1. The molecular formula is C21H26ClN5O2S. The van der Waals surface area contributed by atoms with Crippen LogP contribution in [0.3, 0.4) is 0 Å². The molecular weight excluding hydrogens is 422 g/mol. The number of hydrogen-bond donors (Lipinski definition) is 3. The minimum atomic E-state index is -0.533. The van der Waals surface area contributed by atoms with Gasteiger partial charge < -0.3 is 20.9 Å². The number of carbonyl (C=O) groups excluding carboxylic acids is 2. The lowest BCUT2D eigenvalue weighted by atomic mass is 10.0. The third-order valence-electron chi connectivity index (χ3n) is 5.42. The van der Waals surface area contributed by atoms with E-state index in [-0.39, 0.29) is 0 Å². The van der Waals surface area contributed by atoms with Crippen molar-refractivity contribution in [3.05, 3.63) is 53.1 Å². The summed E-state index contributed by atoms with van der Waals surface area (Å²) in [5.41, 5.74) is 7.48. The van der Waals surface area contributed by atoms with Crippen LogP contribution in [0, 0.1) is 0 Å². The molecule has 1 saturated heterocycles. The Bertz CT molecular complexity index is 916. The highest BCUT2D eigenvalue weighted by Crippen LogP contribution is 2.35. The molecule has 0 atom stereocenters. The second kappa shape index (κ2) is 9.59. The van der Waals surface area contributed by atoms with E-state index in [0.717, 1.165) is 35.9 Å². The van der Waals surface area contributed by atoms with E-state index in [9.17, 15) is 9.59 Å². The Hall–Kier alpha value is -2.42. The molecule has 1 fully saturated rings. The van der Waals surface area contributed by atoms with Crippen molar-refractivity contribution >= 4 is 53.4 Å². The number of likely N-dealkylation sites (tertiary alicyclic amines) is 1. The van der Waals surface area contributed by atoms with Gasteiger partial charge in [-0.25, -0.2) is 9.10 Å². The van der Waals surface area contributed by atoms with Gasteiger partial charge in [-0.2, -0.15) is 0 Å². The minimum Gasteiger partial charge on any atom is -0.370 e. The van der Waals surface area contributed by atoms with Crippen LogP contribution in [0.1, 0.15) is 23.2 Å². The number of anilines is 3. The molecule has 0 radical (unpaired) electrons. The van der Waals surface area contributed by atoms with E-state index in [4.69, 9.17) is 17.3 Å². The molecule has 0 saturated carbocycles. The van der Waals surface area contributed by atoms with E-state index < -0.39 is 11.9 Å². The quantitative estimate of drug-likeness (QED) is 0.608. The molecule has 2 aromatic rings. The van der Waals surface area contributed by atoms with Crippen LogP contribution in [-0.4, -0.2) is 50.1 Å². The molecule has 2 aromatic carbocycles. The monoisotopic (exact) mass is 447 g/mol. The van der Waals surface area contributed by atoms with Crippen LogP contribution >= 0.6 is 24.4 Å². The van der Waals surface area contributed by atoms with Crippen LogP contribution in [0.15, 0.2) is 42.5 Å². The first-order valence-electron chi connectivity index (χ1n) is 9.67. The van der Waals surface area contributed by atoms with Crippen LogP contribution in [0.5, 0.6) is 0 Å². The van der Waals surface area contributed by atoms with Gasteiger partial charge in [0.1, 0.15) is 0 Å². The number of amides is 3. The predicted octanol–water partition coefficient (Wildman–Crippen LogP) is 3.85. The highest BCUT2D eigenvalue weighted by atomic mass is 35.5. The lowest BCUT2D eigenvalue weighted by Crippen LogP contribution is -2.42. The van der Waals surface area contributed by atoms with Crippen molar-refractivity contribution in [2.45, 2.75) is 18.9 Å². The first-order chi connectivity index (χ1) is 14.3. The van der Waals surface area contributed by atoms with E-state index >= 15 is 0 Å². The van der Waals surface area contributed by atoms with Crippen molar-refractivity contribution in [1.82, 2.24) is 4.90 Å². The van der Waals surface area contributed by atoms with E-state index in [1.807, 2.05) is 19.2 Å². The zero-order valence-electron chi connectivity index (χ0n) is 17.0. The second-order valence-corrected chi connectivity index (χ2v) is 8.22. The second-order valence-electron chi connectivity index (χ2n) is 7.44. The zero-order valence-corrected chi connectivity index (χ0v) is 18.7. The molecule has 160 valence electrons. The smallest absolute Gasteiger partial charge is 0.336 e. The maximum atomic E-state index is 12.7. The van der Waals surface area contributed by atoms with Crippen molar-refractivity contribution in [2.24, 2.45) is 5.73 Å². The summed E-state index contributed by atoms with van der Waals surface area (Å²) in [5, 5.41) is 3.29. The van der Waals surface area contributed by atoms with Crippen molar-refractivity contribution in [3.8, 4) is 0 Å². The number of primary amides is 1. The molecule has 0 aromatic heterocycles. The Morgan fingerprint density at radius 2 is 1.80 bits per heavy atom. The van der Waals surface area contributed by atoms with Crippen LogP contribution < -0.4 is 20.3 Å². The number of hydrogen-bond acceptors (Lipinski definition) is 5. The van der Waals surface area contributed by atoms with Crippen LogP contribution in [0.4, 0.5) is 21.9 Å². The summed E-state index contributed by atoms with van der Waals surface area (Å²) in [6.07, 6.45) is 2.12. The molecule has 3 N–H and O–H groups in total. The lowest BCUT2D eigenvalue weighted by molar-refractivity contribution is 0.100. The third-order valence-corrected chi connectivity index (χ3v) is 6.23. The molecule has 30 heavy (non-hydrogen) atoms. The minimum absolute atomic E-state index is 0.355. The summed E-state index contributed by atoms with van der Waals surface area (Å²) < 4.78 is 1.15. The van der Waals surface area contributed by atoms with Gasteiger partial charge in [0.15, 0.2) is 0 Å². The number of urea groups is 1. The van der Waals surface area contributed by atoms with Gasteiger partial charge in [-0.3, -0.25) is 4.79 Å². The first kappa shape index (κ1) is 22.3. The third kappa shape index (κ3) is 5.00. The topological polar surface area (TPSA) is 81.9 Å². The molecule has 1 aliphatic rings. The average Bonchev–Trinajstić information content (AvgIpc) is 2.74. The SMILES string of the molecule is CN1CCC(N(C)c2cccc(NC(=O)N(S)c3ccc(C(N)=O)cc3)c2Cl)CC1. The Labute approximate surface area is 187 Å². The van der Waals surface area contributed by atoms with Gasteiger partial charge in [-0.1, -0.05) is 30.5 Å². The molecule has 3 rings (SSSR count). The van der Waals surface area contributed by atoms with E-state index in [0.29, 0.717) is 28.0 Å². The van der Waals surface area contributed by atoms with Gasteiger partial charge >= 0.3 is 6.03 Å². The van der Waals surface area contributed by atoms with Crippen LogP contribution in [-0.2, 0) is 0 Å². The Morgan fingerprint density at radius 3 is 2.40 bits per heavy atom. The van der Waals surface area contributed by atoms with Gasteiger partial charge in [0.05, 0.1) is 22.1 Å². The maximum Gasteiger partial charge on any atom is 0.336 e. The normalized spacial score (nSPS) is 14.9. The van der Waals surface area contributed by atoms with Crippen LogP contribution in [0.2, 0.25) is 5.02 Å².